The molecule has 0 aliphatic rings. The average molecular weight is 266 g/mol. The summed E-state index contributed by atoms with van der Waals surface area (Å²) in [5.41, 5.74) is 0.378. The van der Waals surface area contributed by atoms with E-state index in [9.17, 15) is 9.18 Å². The van der Waals surface area contributed by atoms with E-state index in [1.165, 1.54) is 19.4 Å². The second kappa shape index (κ2) is 7.93. The number of ether oxygens (including phenoxy) is 1. The predicted octanol–water partition coefficient (Wildman–Crippen LogP) is 4.62. The first-order valence-electron chi connectivity index (χ1n) is 7.01. The normalized spacial score (nSPS) is 12.2. The number of carbonyl (C=O) groups is 1. The summed E-state index contributed by atoms with van der Waals surface area (Å²) in [6, 6.07) is 4.39. The van der Waals surface area contributed by atoms with Crippen LogP contribution in [0.25, 0.3) is 0 Å². The molecule has 0 saturated carbocycles. The first-order chi connectivity index (χ1) is 9.08. The van der Waals surface area contributed by atoms with E-state index in [0.29, 0.717) is 18.1 Å². The van der Waals surface area contributed by atoms with E-state index in [4.69, 9.17) is 4.74 Å². The largest absolute Gasteiger partial charge is 0.490 e. The molecule has 0 saturated heterocycles. The van der Waals surface area contributed by atoms with Gasteiger partial charge in [-0.3, -0.25) is 4.79 Å². The Morgan fingerprint density at radius 2 is 2.11 bits per heavy atom. The van der Waals surface area contributed by atoms with Crippen LogP contribution in [0.3, 0.4) is 0 Å². The Kier molecular flexibility index (Phi) is 6.54. The second-order valence-electron chi connectivity index (χ2n) is 4.93. The van der Waals surface area contributed by atoms with Crippen molar-refractivity contribution in [2.24, 2.45) is 5.92 Å². The third-order valence-electron chi connectivity index (χ3n) is 3.36. The van der Waals surface area contributed by atoms with Gasteiger partial charge >= 0.3 is 0 Å². The lowest BCUT2D eigenvalue weighted by molar-refractivity contribution is 0.101. The Morgan fingerprint density at radius 1 is 1.37 bits per heavy atom. The number of halogens is 1. The molecule has 0 heterocycles. The average Bonchev–Trinajstić information content (AvgIpc) is 2.40. The molecule has 3 heteroatoms. The molecule has 0 aliphatic carbocycles. The number of hydrogen-bond acceptors (Lipinski definition) is 2. The van der Waals surface area contributed by atoms with Gasteiger partial charge in [-0.05, 0) is 37.5 Å². The smallest absolute Gasteiger partial charge is 0.165 e. The Labute approximate surface area is 115 Å². The molecule has 2 nitrogen and oxygen atoms in total. The summed E-state index contributed by atoms with van der Waals surface area (Å²) in [5.74, 6) is 0.102. The van der Waals surface area contributed by atoms with E-state index in [-0.39, 0.29) is 11.5 Å². The zero-order chi connectivity index (χ0) is 14.3. The van der Waals surface area contributed by atoms with Gasteiger partial charge in [0.2, 0.25) is 0 Å². The second-order valence-corrected chi connectivity index (χ2v) is 4.93. The summed E-state index contributed by atoms with van der Waals surface area (Å²) in [6.07, 6.45) is 4.49. The summed E-state index contributed by atoms with van der Waals surface area (Å²) < 4.78 is 19.3. The van der Waals surface area contributed by atoms with Crippen molar-refractivity contribution < 1.29 is 13.9 Å². The van der Waals surface area contributed by atoms with Gasteiger partial charge < -0.3 is 4.74 Å². The monoisotopic (exact) mass is 266 g/mol. The minimum Gasteiger partial charge on any atom is -0.490 e. The highest BCUT2D eigenvalue weighted by molar-refractivity contribution is 5.94. The van der Waals surface area contributed by atoms with E-state index >= 15 is 0 Å². The molecule has 106 valence electrons. The van der Waals surface area contributed by atoms with Crippen molar-refractivity contribution >= 4 is 5.78 Å². The molecule has 0 amide bonds. The van der Waals surface area contributed by atoms with Crippen molar-refractivity contribution in [3.8, 4) is 5.75 Å². The van der Waals surface area contributed by atoms with Crippen LogP contribution in [0.5, 0.6) is 5.75 Å². The molecule has 0 aliphatic heterocycles. The zero-order valence-corrected chi connectivity index (χ0v) is 12.0. The quantitative estimate of drug-likeness (QED) is 0.641. The number of hydrogen-bond donors (Lipinski definition) is 0. The highest BCUT2D eigenvalue weighted by Crippen LogP contribution is 2.21. The van der Waals surface area contributed by atoms with E-state index < -0.39 is 5.82 Å². The van der Waals surface area contributed by atoms with Gasteiger partial charge in [0.1, 0.15) is 0 Å². The Bertz CT molecular complexity index is 415. The fourth-order valence-electron chi connectivity index (χ4n) is 1.94. The molecular formula is C16H23FO2. The number of rotatable bonds is 8. The highest BCUT2D eigenvalue weighted by Gasteiger charge is 2.11. The summed E-state index contributed by atoms with van der Waals surface area (Å²) in [4.78, 5) is 11.1. The van der Waals surface area contributed by atoms with Gasteiger partial charge in [0, 0.05) is 5.56 Å². The SMILES string of the molecule is CCCCC(CC)COc1ccc(C(C)=O)cc1F. The highest BCUT2D eigenvalue weighted by atomic mass is 19.1. The minimum absolute atomic E-state index is 0.139. The summed E-state index contributed by atoms with van der Waals surface area (Å²) >= 11 is 0. The molecule has 1 atom stereocenters. The number of ketones is 1. The molecule has 1 aromatic carbocycles. The molecule has 1 rings (SSSR count). The standard InChI is InChI=1S/C16H23FO2/c1-4-6-7-13(5-2)11-19-16-9-8-14(12(3)18)10-15(16)17/h8-10,13H,4-7,11H2,1-3H3. The molecular weight excluding hydrogens is 243 g/mol. The molecule has 0 fully saturated rings. The van der Waals surface area contributed by atoms with Gasteiger partial charge in [-0.25, -0.2) is 4.39 Å². The van der Waals surface area contributed by atoms with Gasteiger partial charge in [-0.15, -0.1) is 0 Å². The number of benzene rings is 1. The maximum atomic E-state index is 13.7. The lowest BCUT2D eigenvalue weighted by Gasteiger charge is -2.16. The zero-order valence-electron chi connectivity index (χ0n) is 12.0. The van der Waals surface area contributed by atoms with Crippen molar-refractivity contribution in [3.05, 3.63) is 29.6 Å². The molecule has 0 bridgehead atoms. The van der Waals surface area contributed by atoms with E-state index in [0.717, 1.165) is 19.3 Å². The summed E-state index contributed by atoms with van der Waals surface area (Å²) in [6.45, 7) is 6.24. The first-order valence-corrected chi connectivity index (χ1v) is 7.01. The lowest BCUT2D eigenvalue weighted by Crippen LogP contribution is -2.12. The van der Waals surface area contributed by atoms with Crippen LogP contribution in [0.1, 0.15) is 56.8 Å². The van der Waals surface area contributed by atoms with Gasteiger partial charge in [0.25, 0.3) is 0 Å². The van der Waals surface area contributed by atoms with E-state index in [2.05, 4.69) is 13.8 Å². The Balaban J connectivity index is 2.59. The number of carbonyl (C=O) groups excluding carboxylic acids is 1. The van der Waals surface area contributed by atoms with Crippen LogP contribution in [0.4, 0.5) is 4.39 Å². The van der Waals surface area contributed by atoms with Gasteiger partial charge in [0.05, 0.1) is 6.61 Å². The molecule has 1 aromatic rings. The predicted molar refractivity (Wildman–Crippen MR) is 75.2 cm³/mol. The van der Waals surface area contributed by atoms with Crippen LogP contribution in [-0.4, -0.2) is 12.4 Å². The maximum Gasteiger partial charge on any atom is 0.165 e. The van der Waals surface area contributed by atoms with E-state index in [1.807, 2.05) is 0 Å². The fraction of sp³-hybridized carbons (Fsp3) is 0.562. The van der Waals surface area contributed by atoms with Crippen LogP contribution in [-0.2, 0) is 0 Å². The van der Waals surface area contributed by atoms with Crippen LogP contribution in [0, 0.1) is 11.7 Å². The molecule has 0 N–H and O–H groups in total. The molecule has 0 aromatic heterocycles. The topological polar surface area (TPSA) is 26.3 Å². The number of Topliss-reactive ketones (excluding diaryl/α,β-unsaturated/α-hetero) is 1. The fourth-order valence-corrected chi connectivity index (χ4v) is 1.94. The van der Waals surface area contributed by atoms with Crippen molar-refractivity contribution in [1.29, 1.82) is 0 Å². The number of unbranched alkanes of at least 4 members (excludes halogenated alkanes) is 1. The molecule has 1 unspecified atom stereocenters. The van der Waals surface area contributed by atoms with Crippen molar-refractivity contribution in [2.45, 2.75) is 46.5 Å². The van der Waals surface area contributed by atoms with Crippen LogP contribution in [0.2, 0.25) is 0 Å². The third-order valence-corrected chi connectivity index (χ3v) is 3.36. The van der Waals surface area contributed by atoms with Gasteiger partial charge in [0.15, 0.2) is 17.3 Å². The van der Waals surface area contributed by atoms with Crippen molar-refractivity contribution in [1.82, 2.24) is 0 Å². The maximum absolute atomic E-state index is 13.7. The first kappa shape index (κ1) is 15.7. The molecule has 19 heavy (non-hydrogen) atoms. The Hall–Kier alpha value is -1.38. The van der Waals surface area contributed by atoms with Crippen molar-refractivity contribution in [3.63, 3.8) is 0 Å². The van der Waals surface area contributed by atoms with Crippen molar-refractivity contribution in [2.75, 3.05) is 6.61 Å². The van der Waals surface area contributed by atoms with Gasteiger partial charge in [-0.1, -0.05) is 33.1 Å². The third kappa shape index (κ3) is 5.01. The minimum atomic E-state index is -0.460. The van der Waals surface area contributed by atoms with Gasteiger partial charge in [-0.2, -0.15) is 0 Å². The molecule has 0 spiro atoms. The van der Waals surface area contributed by atoms with Crippen LogP contribution in [0.15, 0.2) is 18.2 Å². The summed E-state index contributed by atoms with van der Waals surface area (Å²) in [5, 5.41) is 0. The lowest BCUT2D eigenvalue weighted by atomic mass is 10.0. The Morgan fingerprint density at radius 3 is 2.63 bits per heavy atom. The summed E-state index contributed by atoms with van der Waals surface area (Å²) in [7, 11) is 0. The van der Waals surface area contributed by atoms with E-state index in [1.54, 1.807) is 12.1 Å². The van der Waals surface area contributed by atoms with Crippen LogP contribution >= 0.6 is 0 Å². The van der Waals surface area contributed by atoms with Crippen LogP contribution < -0.4 is 4.74 Å². The molecule has 0 radical (unpaired) electrons.